The second-order valence-corrected chi connectivity index (χ2v) is 7.91. The van der Waals surface area contributed by atoms with Crippen LogP contribution in [0.25, 0.3) is 0 Å². The molecule has 0 amide bonds. The van der Waals surface area contributed by atoms with Crippen LogP contribution in [0.5, 0.6) is 0 Å². The number of fused-ring (bicyclic) bond motifs is 1. The number of rotatable bonds is 3. The first-order chi connectivity index (χ1) is 10.4. The highest BCUT2D eigenvalue weighted by Gasteiger charge is 2.31. The lowest BCUT2D eigenvalue weighted by Gasteiger charge is -2.32. The van der Waals surface area contributed by atoms with Crippen LogP contribution in [-0.4, -0.2) is 54.3 Å². The summed E-state index contributed by atoms with van der Waals surface area (Å²) in [5.41, 5.74) is 1.60. The van der Waals surface area contributed by atoms with Gasteiger partial charge in [0.15, 0.2) is 0 Å². The highest BCUT2D eigenvalue weighted by atomic mass is 32.2. The maximum absolute atomic E-state index is 2.76. The van der Waals surface area contributed by atoms with Gasteiger partial charge in [0.05, 0.1) is 0 Å². The minimum atomic E-state index is 0.756. The van der Waals surface area contributed by atoms with Gasteiger partial charge in [-0.2, -0.15) is 0 Å². The third-order valence-electron chi connectivity index (χ3n) is 5.43. The molecule has 0 N–H and O–H groups in total. The van der Waals surface area contributed by atoms with E-state index in [1.165, 1.54) is 69.1 Å². The zero-order chi connectivity index (χ0) is 14.1. The smallest absolute Gasteiger partial charge is 0.0235 e. The Morgan fingerprint density at radius 2 is 1.90 bits per heavy atom. The molecule has 0 aliphatic carbocycles. The van der Waals surface area contributed by atoms with Crippen molar-refractivity contribution < 1.29 is 0 Å². The number of nitrogens with zero attached hydrogens (tertiary/aromatic N) is 2. The topological polar surface area (TPSA) is 6.48 Å². The molecular weight excluding hydrogens is 276 g/mol. The minimum Gasteiger partial charge on any atom is -0.301 e. The lowest BCUT2D eigenvalue weighted by Crippen LogP contribution is -2.41. The van der Waals surface area contributed by atoms with E-state index in [9.17, 15) is 0 Å². The third-order valence-corrected chi connectivity index (χ3v) is 6.68. The fourth-order valence-electron chi connectivity index (χ4n) is 4.25. The largest absolute Gasteiger partial charge is 0.301 e. The Kier molecular flexibility index (Phi) is 4.24. The molecule has 3 aliphatic heterocycles. The first kappa shape index (κ1) is 14.1. The average Bonchev–Trinajstić information content (AvgIpc) is 3.17. The molecule has 2 unspecified atom stereocenters. The Labute approximate surface area is 132 Å². The van der Waals surface area contributed by atoms with Gasteiger partial charge in [0.1, 0.15) is 0 Å². The van der Waals surface area contributed by atoms with Crippen LogP contribution in [0.1, 0.15) is 37.2 Å². The summed E-state index contributed by atoms with van der Waals surface area (Å²) in [6.45, 7) is 6.59. The summed E-state index contributed by atoms with van der Waals surface area (Å²) in [6.07, 6.45) is 5.68. The molecule has 3 heteroatoms. The number of hydrogen-bond acceptors (Lipinski definition) is 3. The quantitative estimate of drug-likeness (QED) is 0.844. The summed E-state index contributed by atoms with van der Waals surface area (Å²) in [5, 5.41) is 0. The van der Waals surface area contributed by atoms with Crippen molar-refractivity contribution in [1.29, 1.82) is 0 Å². The van der Waals surface area contributed by atoms with Gasteiger partial charge in [-0.05, 0) is 50.5 Å². The molecule has 2 fully saturated rings. The van der Waals surface area contributed by atoms with E-state index in [2.05, 4.69) is 45.8 Å². The van der Waals surface area contributed by atoms with Gasteiger partial charge in [-0.3, -0.25) is 4.90 Å². The van der Waals surface area contributed by atoms with Crippen molar-refractivity contribution in [2.24, 2.45) is 0 Å². The van der Waals surface area contributed by atoms with E-state index in [0.29, 0.717) is 0 Å². The van der Waals surface area contributed by atoms with Gasteiger partial charge in [-0.25, -0.2) is 0 Å². The van der Waals surface area contributed by atoms with Gasteiger partial charge in [0, 0.05) is 35.7 Å². The molecule has 0 bridgehead atoms. The van der Waals surface area contributed by atoms with Crippen LogP contribution in [-0.2, 0) is 0 Å². The highest BCUT2D eigenvalue weighted by Crippen LogP contribution is 2.40. The Hall–Kier alpha value is -0.510. The fraction of sp³-hybridized carbons (Fsp3) is 0.667. The van der Waals surface area contributed by atoms with Crippen molar-refractivity contribution in [2.75, 3.05) is 38.5 Å². The lowest BCUT2D eigenvalue weighted by atomic mass is 10.0. The molecule has 0 saturated carbocycles. The monoisotopic (exact) mass is 302 g/mol. The second kappa shape index (κ2) is 6.31. The number of thioether (sulfide) groups is 1. The summed E-state index contributed by atoms with van der Waals surface area (Å²) in [5.74, 6) is 2.04. The van der Waals surface area contributed by atoms with Crippen LogP contribution in [0.15, 0.2) is 29.2 Å². The molecule has 2 atom stereocenters. The summed E-state index contributed by atoms with van der Waals surface area (Å²) < 4.78 is 0. The van der Waals surface area contributed by atoms with Crippen LogP contribution in [0.2, 0.25) is 0 Å². The number of piperidine rings is 1. The van der Waals surface area contributed by atoms with E-state index in [4.69, 9.17) is 0 Å². The SMILES string of the molecule is c1ccc2c(c1)SCC2CN1CCC(N2CCCCC2)C1. The van der Waals surface area contributed by atoms with Crippen molar-refractivity contribution >= 4 is 11.8 Å². The predicted octanol–water partition coefficient (Wildman–Crippen LogP) is 3.44. The van der Waals surface area contributed by atoms with Crippen molar-refractivity contribution in [3.63, 3.8) is 0 Å². The number of likely N-dealkylation sites (tertiary alicyclic amines) is 2. The molecule has 114 valence electrons. The van der Waals surface area contributed by atoms with Gasteiger partial charge in [-0.15, -0.1) is 11.8 Å². The second-order valence-electron chi connectivity index (χ2n) is 6.84. The summed E-state index contributed by atoms with van der Waals surface area (Å²) in [6, 6.07) is 9.86. The summed E-state index contributed by atoms with van der Waals surface area (Å²) in [7, 11) is 0. The van der Waals surface area contributed by atoms with Crippen molar-refractivity contribution in [1.82, 2.24) is 9.80 Å². The number of hydrogen-bond donors (Lipinski definition) is 0. The minimum absolute atomic E-state index is 0.756. The highest BCUT2D eigenvalue weighted by molar-refractivity contribution is 7.99. The van der Waals surface area contributed by atoms with Gasteiger partial charge >= 0.3 is 0 Å². The van der Waals surface area contributed by atoms with Gasteiger partial charge in [0.2, 0.25) is 0 Å². The first-order valence-electron chi connectivity index (χ1n) is 8.58. The fourth-order valence-corrected chi connectivity index (χ4v) is 5.49. The molecule has 0 radical (unpaired) electrons. The zero-order valence-corrected chi connectivity index (χ0v) is 13.7. The predicted molar refractivity (Wildman–Crippen MR) is 90.2 cm³/mol. The molecule has 0 aromatic heterocycles. The Morgan fingerprint density at radius 1 is 1.05 bits per heavy atom. The van der Waals surface area contributed by atoms with Crippen molar-refractivity contribution in [2.45, 2.75) is 42.5 Å². The van der Waals surface area contributed by atoms with Gasteiger partial charge < -0.3 is 4.90 Å². The molecule has 0 spiro atoms. The van der Waals surface area contributed by atoms with E-state index >= 15 is 0 Å². The van der Waals surface area contributed by atoms with Crippen LogP contribution in [0.4, 0.5) is 0 Å². The van der Waals surface area contributed by atoms with E-state index in [1.807, 2.05) is 0 Å². The molecule has 2 nitrogen and oxygen atoms in total. The molecule has 3 heterocycles. The van der Waals surface area contributed by atoms with Crippen LogP contribution in [0, 0.1) is 0 Å². The Balaban J connectivity index is 1.35. The van der Waals surface area contributed by atoms with E-state index in [0.717, 1.165) is 12.0 Å². The number of benzene rings is 1. The zero-order valence-electron chi connectivity index (χ0n) is 12.8. The van der Waals surface area contributed by atoms with Crippen LogP contribution >= 0.6 is 11.8 Å². The summed E-state index contributed by atoms with van der Waals surface area (Å²) >= 11 is 2.05. The molecular formula is C18H26N2S. The molecule has 4 rings (SSSR count). The van der Waals surface area contributed by atoms with Crippen molar-refractivity contribution in [3.8, 4) is 0 Å². The van der Waals surface area contributed by atoms with E-state index in [-0.39, 0.29) is 0 Å². The standard InChI is InChI=1S/C18H26N2S/c1-4-9-20(10-5-1)16-8-11-19(13-16)12-15-14-21-18-7-3-2-6-17(15)18/h2-3,6-7,15-16H,1,4-5,8-14H2. The lowest BCUT2D eigenvalue weighted by molar-refractivity contribution is 0.161. The normalized spacial score (nSPS) is 30.7. The van der Waals surface area contributed by atoms with Crippen LogP contribution < -0.4 is 0 Å². The van der Waals surface area contributed by atoms with E-state index < -0.39 is 0 Å². The first-order valence-corrected chi connectivity index (χ1v) is 9.57. The van der Waals surface area contributed by atoms with Gasteiger partial charge in [-0.1, -0.05) is 24.6 Å². The average molecular weight is 302 g/mol. The van der Waals surface area contributed by atoms with E-state index in [1.54, 1.807) is 5.56 Å². The Morgan fingerprint density at radius 3 is 2.81 bits per heavy atom. The molecule has 1 aromatic carbocycles. The van der Waals surface area contributed by atoms with Gasteiger partial charge in [0.25, 0.3) is 0 Å². The van der Waals surface area contributed by atoms with Crippen molar-refractivity contribution in [3.05, 3.63) is 29.8 Å². The maximum Gasteiger partial charge on any atom is 0.0235 e. The molecule has 3 aliphatic rings. The third kappa shape index (κ3) is 3.01. The molecule has 2 saturated heterocycles. The molecule has 21 heavy (non-hydrogen) atoms. The van der Waals surface area contributed by atoms with Crippen LogP contribution in [0.3, 0.4) is 0 Å². The maximum atomic E-state index is 2.76. The Bertz CT molecular complexity index is 484. The molecule has 1 aromatic rings. The summed E-state index contributed by atoms with van der Waals surface area (Å²) in [4.78, 5) is 7.02.